The number of isocyanates is 1. The second-order valence-corrected chi connectivity index (χ2v) is 11.3. The van der Waals surface area contributed by atoms with Gasteiger partial charge < -0.3 is 18.8 Å². The summed E-state index contributed by atoms with van der Waals surface area (Å²) in [5, 5.41) is 10.7. The standard InChI is InChI=1S/C32H21N2O5P/c33-22-37-27-7-5-9-29(21-27)39-26-14-18-32(19-15-26)40(36,30-10-2-1-3-11-30)31-16-12-25(13-17-31)38-28-8-4-6-24(20-28)34-23-35/h1-21H. The molecule has 5 aromatic rings. The lowest BCUT2D eigenvalue weighted by molar-refractivity contribution is 0.469. The Bertz CT molecular complexity index is 1760. The molecular formula is C32H21N2O5P. The molecule has 5 rings (SSSR count). The smallest absolute Gasteiger partial charge is 0.292 e. The maximum atomic E-state index is 14.8. The Morgan fingerprint density at radius 1 is 0.575 bits per heavy atom. The third-order valence-electron chi connectivity index (χ3n) is 5.95. The third kappa shape index (κ3) is 5.85. The summed E-state index contributed by atoms with van der Waals surface area (Å²) in [6, 6.07) is 37.1. The van der Waals surface area contributed by atoms with E-state index < -0.39 is 7.14 Å². The fourth-order valence-electron chi connectivity index (χ4n) is 4.13. The van der Waals surface area contributed by atoms with Gasteiger partial charge in [0.15, 0.2) is 7.14 Å². The number of hydrogen-bond donors (Lipinski definition) is 0. The van der Waals surface area contributed by atoms with Crippen LogP contribution in [0, 0.1) is 11.5 Å². The summed E-state index contributed by atoms with van der Waals surface area (Å²) in [4.78, 5) is 14.2. The number of benzene rings is 5. The minimum absolute atomic E-state index is 0.375. The van der Waals surface area contributed by atoms with Gasteiger partial charge in [-0.05, 0) is 72.8 Å². The highest BCUT2D eigenvalue weighted by molar-refractivity contribution is 7.85. The van der Waals surface area contributed by atoms with Gasteiger partial charge in [0.1, 0.15) is 28.7 Å². The number of ether oxygens (including phenoxy) is 3. The molecule has 7 nitrogen and oxygen atoms in total. The van der Waals surface area contributed by atoms with Crippen LogP contribution in [-0.2, 0) is 9.36 Å². The van der Waals surface area contributed by atoms with Gasteiger partial charge in [-0.1, -0.05) is 42.5 Å². The van der Waals surface area contributed by atoms with Crippen LogP contribution in [0.15, 0.2) is 132 Å². The van der Waals surface area contributed by atoms with Crippen molar-refractivity contribution in [1.29, 1.82) is 5.26 Å². The summed E-state index contributed by atoms with van der Waals surface area (Å²) < 4.78 is 31.5. The topological polar surface area (TPSA) is 98.0 Å². The second kappa shape index (κ2) is 12.0. The first-order valence-corrected chi connectivity index (χ1v) is 13.9. The first-order chi connectivity index (χ1) is 19.6. The molecule has 0 saturated heterocycles. The highest BCUT2D eigenvalue weighted by Gasteiger charge is 2.29. The van der Waals surface area contributed by atoms with Crippen LogP contribution >= 0.6 is 7.14 Å². The summed E-state index contributed by atoms with van der Waals surface area (Å²) in [7, 11) is -3.24. The summed E-state index contributed by atoms with van der Waals surface area (Å²) in [6.45, 7) is 0. The predicted molar refractivity (Wildman–Crippen MR) is 153 cm³/mol. The highest BCUT2D eigenvalue weighted by Crippen LogP contribution is 2.43. The molecule has 0 heterocycles. The molecule has 0 bridgehead atoms. The van der Waals surface area contributed by atoms with Crippen LogP contribution < -0.4 is 30.1 Å². The molecular weight excluding hydrogens is 523 g/mol. The molecule has 8 heteroatoms. The van der Waals surface area contributed by atoms with Crippen molar-refractivity contribution in [3.63, 3.8) is 0 Å². The Balaban J connectivity index is 1.43. The highest BCUT2D eigenvalue weighted by atomic mass is 31.2. The Labute approximate surface area is 230 Å². The van der Waals surface area contributed by atoms with E-state index in [1.165, 1.54) is 6.08 Å². The van der Waals surface area contributed by atoms with E-state index >= 15 is 0 Å². The van der Waals surface area contributed by atoms with Crippen LogP contribution in [0.1, 0.15) is 0 Å². The van der Waals surface area contributed by atoms with E-state index in [4.69, 9.17) is 19.5 Å². The number of nitrogens with zero attached hydrogens (tertiary/aromatic N) is 2. The van der Waals surface area contributed by atoms with E-state index in [-0.39, 0.29) is 0 Å². The Morgan fingerprint density at radius 2 is 1.10 bits per heavy atom. The molecule has 1 unspecified atom stereocenters. The Morgan fingerprint density at radius 3 is 1.68 bits per heavy atom. The van der Waals surface area contributed by atoms with Crippen molar-refractivity contribution >= 4 is 34.8 Å². The van der Waals surface area contributed by atoms with Gasteiger partial charge >= 0.3 is 0 Å². The largest absolute Gasteiger partial charge is 0.457 e. The average molecular weight is 545 g/mol. The Kier molecular flexibility index (Phi) is 7.85. The first kappa shape index (κ1) is 26.2. The van der Waals surface area contributed by atoms with E-state index in [2.05, 4.69) is 4.99 Å². The van der Waals surface area contributed by atoms with Gasteiger partial charge in [0.25, 0.3) is 6.26 Å². The molecule has 0 radical (unpaired) electrons. The summed E-state index contributed by atoms with van der Waals surface area (Å²) in [5.74, 6) is 2.48. The molecule has 0 aliphatic heterocycles. The van der Waals surface area contributed by atoms with Crippen molar-refractivity contribution < 1.29 is 23.6 Å². The van der Waals surface area contributed by atoms with Crippen LogP contribution in [-0.4, -0.2) is 6.08 Å². The van der Waals surface area contributed by atoms with Crippen molar-refractivity contribution in [2.75, 3.05) is 0 Å². The number of nitriles is 1. The molecule has 0 aliphatic rings. The van der Waals surface area contributed by atoms with Crippen LogP contribution in [0.5, 0.6) is 28.7 Å². The second-order valence-electron chi connectivity index (χ2n) is 8.51. The lowest BCUT2D eigenvalue weighted by Gasteiger charge is -2.20. The van der Waals surface area contributed by atoms with E-state index in [9.17, 15) is 9.36 Å². The molecule has 0 N–H and O–H groups in total. The maximum Gasteiger partial charge on any atom is 0.292 e. The predicted octanol–water partition coefficient (Wildman–Crippen LogP) is 6.74. The van der Waals surface area contributed by atoms with Crippen molar-refractivity contribution in [3.05, 3.63) is 127 Å². The molecule has 0 aromatic heterocycles. The fourth-order valence-corrected chi connectivity index (χ4v) is 6.75. The molecule has 5 aromatic carbocycles. The average Bonchev–Trinajstić information content (AvgIpc) is 2.99. The van der Waals surface area contributed by atoms with E-state index in [1.54, 1.807) is 103 Å². The molecule has 0 aliphatic carbocycles. The van der Waals surface area contributed by atoms with Gasteiger partial charge in [0.05, 0.1) is 5.69 Å². The summed E-state index contributed by atoms with van der Waals surface area (Å²) in [5.41, 5.74) is 0.438. The molecule has 0 fully saturated rings. The van der Waals surface area contributed by atoms with Crippen molar-refractivity contribution in [2.45, 2.75) is 0 Å². The zero-order valence-corrected chi connectivity index (χ0v) is 21.9. The van der Waals surface area contributed by atoms with Gasteiger partial charge in [0, 0.05) is 28.0 Å². The third-order valence-corrected chi connectivity index (χ3v) is 9.03. The molecule has 194 valence electrons. The van der Waals surface area contributed by atoms with Crippen molar-refractivity contribution in [2.24, 2.45) is 4.99 Å². The molecule has 0 saturated carbocycles. The van der Waals surface area contributed by atoms with Crippen LogP contribution in [0.4, 0.5) is 5.69 Å². The number of carbonyl (C=O) groups excluding carboxylic acids is 1. The van der Waals surface area contributed by atoms with Gasteiger partial charge in [-0.15, -0.1) is 5.26 Å². The quantitative estimate of drug-likeness (QED) is 0.0883. The lowest BCUT2D eigenvalue weighted by atomic mass is 10.3. The summed E-state index contributed by atoms with van der Waals surface area (Å²) in [6.07, 6.45) is 3.16. The minimum atomic E-state index is -3.24. The molecule has 0 spiro atoms. The monoisotopic (exact) mass is 544 g/mol. The number of aliphatic imine (C=N–C) groups is 1. The van der Waals surface area contributed by atoms with Gasteiger partial charge in [-0.25, -0.2) is 4.79 Å². The van der Waals surface area contributed by atoms with Crippen molar-refractivity contribution in [1.82, 2.24) is 0 Å². The molecule has 1 atom stereocenters. The van der Waals surface area contributed by atoms with Crippen LogP contribution in [0.3, 0.4) is 0 Å². The maximum absolute atomic E-state index is 14.8. The van der Waals surface area contributed by atoms with E-state index in [0.717, 1.165) is 0 Å². The lowest BCUT2D eigenvalue weighted by Crippen LogP contribution is -2.24. The van der Waals surface area contributed by atoms with Crippen LogP contribution in [0.25, 0.3) is 0 Å². The van der Waals surface area contributed by atoms with E-state index in [0.29, 0.717) is 50.3 Å². The zero-order valence-electron chi connectivity index (χ0n) is 21.0. The zero-order chi connectivity index (χ0) is 27.8. The SMILES string of the molecule is N#COc1cccc(Oc2ccc(P(=O)(c3ccccc3)c3ccc(Oc4cccc(N=C=O)c4)cc3)cc2)c1. The van der Waals surface area contributed by atoms with Gasteiger partial charge in [-0.3, -0.25) is 0 Å². The number of hydrogen-bond acceptors (Lipinski definition) is 7. The number of rotatable bonds is 9. The Hall–Kier alpha value is -5.40. The van der Waals surface area contributed by atoms with Crippen LogP contribution in [0.2, 0.25) is 0 Å². The van der Waals surface area contributed by atoms with Gasteiger partial charge in [0.2, 0.25) is 6.08 Å². The summed E-state index contributed by atoms with van der Waals surface area (Å²) >= 11 is 0. The van der Waals surface area contributed by atoms with E-state index in [1.807, 2.05) is 30.3 Å². The van der Waals surface area contributed by atoms with Crippen molar-refractivity contribution in [3.8, 4) is 35.0 Å². The fraction of sp³-hybridized carbons (Fsp3) is 0. The van der Waals surface area contributed by atoms with Gasteiger partial charge in [-0.2, -0.15) is 4.99 Å². The molecule has 40 heavy (non-hydrogen) atoms. The molecule has 0 amide bonds. The first-order valence-electron chi connectivity index (χ1n) is 12.1. The minimum Gasteiger partial charge on any atom is -0.457 e. The normalized spacial score (nSPS) is 11.8.